The van der Waals surface area contributed by atoms with Crippen LogP contribution < -0.4 is 0 Å². The van der Waals surface area contributed by atoms with E-state index in [1.54, 1.807) is 13.8 Å². The SMILES string of the molecule is CC(=O)OC1C[C@H]2C(C)(C)CCC[C@]2(C=O)C2=C1C(O)=C(C(C)C)C(=O)C2=O. The Kier molecular flexibility index (Phi) is 4.89. The molecule has 3 atom stereocenters. The van der Waals surface area contributed by atoms with Crippen LogP contribution in [-0.2, 0) is 23.9 Å². The second-order valence-corrected chi connectivity index (χ2v) is 9.25. The summed E-state index contributed by atoms with van der Waals surface area (Å²) in [7, 11) is 0. The fraction of sp³-hybridized carbons (Fsp3) is 0.636. The lowest BCUT2D eigenvalue weighted by molar-refractivity contribution is -0.150. The van der Waals surface area contributed by atoms with E-state index in [2.05, 4.69) is 0 Å². The molecule has 0 saturated heterocycles. The van der Waals surface area contributed by atoms with Crippen molar-refractivity contribution in [3.63, 3.8) is 0 Å². The predicted octanol–water partition coefficient (Wildman–Crippen LogP) is 3.25. The van der Waals surface area contributed by atoms with E-state index < -0.39 is 29.1 Å². The minimum atomic E-state index is -1.14. The van der Waals surface area contributed by atoms with E-state index in [0.29, 0.717) is 12.8 Å². The topological polar surface area (TPSA) is 97.7 Å². The third-order valence-electron chi connectivity index (χ3n) is 6.77. The molecule has 6 nitrogen and oxygen atoms in total. The molecule has 0 heterocycles. The molecule has 0 aromatic heterocycles. The number of hydrogen-bond acceptors (Lipinski definition) is 6. The van der Waals surface area contributed by atoms with Gasteiger partial charge in [0.25, 0.3) is 0 Å². The Morgan fingerprint density at radius 2 is 1.86 bits per heavy atom. The van der Waals surface area contributed by atoms with Crippen LogP contribution in [0.2, 0.25) is 0 Å². The number of allylic oxidation sites excluding steroid dienone is 2. The van der Waals surface area contributed by atoms with Crippen molar-refractivity contribution in [3.05, 3.63) is 22.5 Å². The molecule has 1 unspecified atom stereocenters. The van der Waals surface area contributed by atoms with E-state index in [-0.39, 0.29) is 39.7 Å². The van der Waals surface area contributed by atoms with Gasteiger partial charge in [-0.15, -0.1) is 0 Å². The number of aliphatic hydroxyl groups excluding tert-OH is 1. The van der Waals surface area contributed by atoms with E-state index in [1.807, 2.05) is 13.8 Å². The molecule has 3 rings (SSSR count). The summed E-state index contributed by atoms with van der Waals surface area (Å²) in [6, 6.07) is 0. The highest BCUT2D eigenvalue weighted by molar-refractivity contribution is 6.51. The summed E-state index contributed by atoms with van der Waals surface area (Å²) in [5.74, 6) is -2.99. The third-order valence-corrected chi connectivity index (χ3v) is 6.77. The number of ketones is 2. The molecule has 1 N–H and O–H groups in total. The van der Waals surface area contributed by atoms with E-state index in [4.69, 9.17) is 4.74 Å². The first-order valence-corrected chi connectivity index (χ1v) is 9.88. The third kappa shape index (κ3) is 2.76. The molecule has 0 aromatic rings. The monoisotopic (exact) mass is 388 g/mol. The van der Waals surface area contributed by atoms with Crippen LogP contribution in [0.5, 0.6) is 0 Å². The van der Waals surface area contributed by atoms with Crippen molar-refractivity contribution in [2.45, 2.75) is 66.4 Å². The van der Waals surface area contributed by atoms with E-state index >= 15 is 0 Å². The molecule has 3 aliphatic rings. The summed E-state index contributed by atoms with van der Waals surface area (Å²) in [6.45, 7) is 8.78. The van der Waals surface area contributed by atoms with Crippen molar-refractivity contribution in [3.8, 4) is 0 Å². The van der Waals surface area contributed by atoms with Crippen LogP contribution in [0.1, 0.15) is 60.3 Å². The average molecular weight is 388 g/mol. The van der Waals surface area contributed by atoms with Crippen molar-refractivity contribution in [1.29, 1.82) is 0 Å². The van der Waals surface area contributed by atoms with Gasteiger partial charge in [0.05, 0.1) is 5.41 Å². The van der Waals surface area contributed by atoms with Crippen LogP contribution in [-0.4, -0.2) is 35.0 Å². The van der Waals surface area contributed by atoms with Gasteiger partial charge in [-0.3, -0.25) is 14.4 Å². The molecule has 6 heteroatoms. The second-order valence-electron chi connectivity index (χ2n) is 9.25. The summed E-state index contributed by atoms with van der Waals surface area (Å²) in [5.41, 5.74) is -1.20. The molecule has 3 aliphatic carbocycles. The van der Waals surface area contributed by atoms with Crippen LogP contribution in [0.3, 0.4) is 0 Å². The number of carbonyl (C=O) groups is 4. The van der Waals surface area contributed by atoms with Crippen molar-refractivity contribution >= 4 is 23.8 Å². The van der Waals surface area contributed by atoms with Crippen LogP contribution in [0, 0.1) is 22.7 Å². The maximum absolute atomic E-state index is 13.2. The Balaban J connectivity index is 2.36. The van der Waals surface area contributed by atoms with Crippen molar-refractivity contribution in [2.24, 2.45) is 22.7 Å². The molecule has 0 aliphatic heterocycles. The van der Waals surface area contributed by atoms with Gasteiger partial charge in [0.2, 0.25) is 11.6 Å². The quantitative estimate of drug-likeness (QED) is 0.345. The van der Waals surface area contributed by atoms with Crippen molar-refractivity contribution in [2.75, 3.05) is 0 Å². The largest absolute Gasteiger partial charge is 0.507 e. The maximum atomic E-state index is 13.2. The van der Waals surface area contributed by atoms with Gasteiger partial charge < -0.3 is 14.6 Å². The summed E-state index contributed by atoms with van der Waals surface area (Å²) in [5, 5.41) is 11.0. The zero-order valence-corrected chi connectivity index (χ0v) is 17.1. The lowest BCUT2D eigenvalue weighted by Crippen LogP contribution is -2.55. The molecule has 0 aromatic carbocycles. The van der Waals surface area contributed by atoms with Crippen LogP contribution in [0.4, 0.5) is 0 Å². The molecule has 1 fully saturated rings. The number of rotatable bonds is 3. The number of Topliss-reactive ketones (excluding diaryl/α,β-unsaturated/α-hetero) is 2. The van der Waals surface area contributed by atoms with Crippen LogP contribution in [0.15, 0.2) is 22.5 Å². The molecule has 0 radical (unpaired) electrons. The second kappa shape index (κ2) is 6.68. The fourth-order valence-corrected chi connectivity index (χ4v) is 5.59. The number of esters is 1. The highest BCUT2D eigenvalue weighted by Crippen LogP contribution is 2.61. The Hall–Kier alpha value is -2.24. The number of aldehydes is 1. The lowest BCUT2D eigenvalue weighted by atomic mass is 9.48. The van der Waals surface area contributed by atoms with Crippen molar-refractivity contribution in [1.82, 2.24) is 0 Å². The molecule has 152 valence electrons. The minimum absolute atomic E-state index is 0.0236. The number of hydrogen-bond donors (Lipinski definition) is 1. The molecule has 0 bridgehead atoms. The molecule has 0 spiro atoms. The summed E-state index contributed by atoms with van der Waals surface area (Å²) in [6.07, 6.45) is 2.32. The van der Waals surface area contributed by atoms with Gasteiger partial charge in [-0.25, -0.2) is 0 Å². The van der Waals surface area contributed by atoms with Crippen LogP contribution in [0.25, 0.3) is 0 Å². The number of fused-ring (bicyclic) bond motifs is 2. The lowest BCUT2D eigenvalue weighted by Gasteiger charge is -2.55. The summed E-state index contributed by atoms with van der Waals surface area (Å²) < 4.78 is 5.50. The van der Waals surface area contributed by atoms with Crippen molar-refractivity contribution < 1.29 is 29.0 Å². The fourth-order valence-electron chi connectivity index (χ4n) is 5.59. The number of aliphatic hydroxyl groups is 1. The van der Waals surface area contributed by atoms with Gasteiger partial charge in [-0.2, -0.15) is 0 Å². The normalized spacial score (nSPS) is 32.2. The molecule has 28 heavy (non-hydrogen) atoms. The highest BCUT2D eigenvalue weighted by atomic mass is 16.5. The first kappa shape index (κ1) is 20.5. The van der Waals surface area contributed by atoms with Gasteiger partial charge in [-0.1, -0.05) is 34.1 Å². The number of carbonyl (C=O) groups excluding carboxylic acids is 4. The Labute approximate surface area is 165 Å². The zero-order chi connectivity index (χ0) is 21.0. The van der Waals surface area contributed by atoms with Gasteiger partial charge in [0.15, 0.2) is 0 Å². The molecular formula is C22H28O6. The molecule has 0 amide bonds. The van der Waals surface area contributed by atoms with Gasteiger partial charge in [0, 0.05) is 23.6 Å². The predicted molar refractivity (Wildman–Crippen MR) is 101 cm³/mol. The first-order chi connectivity index (χ1) is 13.0. The Morgan fingerprint density at radius 1 is 1.21 bits per heavy atom. The standard InChI is InChI=1S/C22H28O6/c1-11(2)15-18(25)16-13(28-12(3)24)9-14-21(4,5)7-6-8-22(14,10-23)17(16)20(27)19(15)26/h10-11,13-14,25H,6-9H2,1-5H3/t13?,14-,22+/m0/s1. The molecule has 1 saturated carbocycles. The van der Waals surface area contributed by atoms with E-state index in [0.717, 1.165) is 19.1 Å². The van der Waals surface area contributed by atoms with E-state index in [9.17, 15) is 24.3 Å². The van der Waals surface area contributed by atoms with E-state index in [1.165, 1.54) is 6.92 Å². The summed E-state index contributed by atoms with van der Waals surface area (Å²) in [4.78, 5) is 50.3. The zero-order valence-electron chi connectivity index (χ0n) is 17.1. The summed E-state index contributed by atoms with van der Waals surface area (Å²) >= 11 is 0. The maximum Gasteiger partial charge on any atom is 0.303 e. The Bertz CT molecular complexity index is 828. The van der Waals surface area contributed by atoms with Gasteiger partial charge >= 0.3 is 5.97 Å². The minimum Gasteiger partial charge on any atom is -0.507 e. The average Bonchev–Trinajstić information content (AvgIpc) is 2.58. The highest BCUT2D eigenvalue weighted by Gasteiger charge is 2.60. The van der Waals surface area contributed by atoms with Gasteiger partial charge in [-0.05, 0) is 36.5 Å². The smallest absolute Gasteiger partial charge is 0.303 e. The molecular weight excluding hydrogens is 360 g/mol. The first-order valence-electron chi connectivity index (χ1n) is 9.88. The van der Waals surface area contributed by atoms with Gasteiger partial charge in [0.1, 0.15) is 18.1 Å². The number of ether oxygens (including phenoxy) is 1. The van der Waals surface area contributed by atoms with Crippen LogP contribution >= 0.6 is 0 Å². The Morgan fingerprint density at radius 3 is 2.39 bits per heavy atom.